The van der Waals surface area contributed by atoms with E-state index in [0.717, 1.165) is 19.6 Å². The van der Waals surface area contributed by atoms with Gasteiger partial charge in [0.2, 0.25) is 0 Å². The smallest absolute Gasteiger partial charge is 0.0466 e. The highest BCUT2D eigenvalue weighted by Crippen LogP contribution is 2.33. The van der Waals surface area contributed by atoms with Crippen LogP contribution in [0.3, 0.4) is 0 Å². The number of fused-ring (bicyclic) bond motifs is 2. The van der Waals surface area contributed by atoms with Crippen molar-refractivity contribution >= 4 is 0 Å². The zero-order valence-electron chi connectivity index (χ0n) is 9.32. The van der Waals surface area contributed by atoms with Crippen LogP contribution in [0.15, 0.2) is 0 Å². The average Bonchev–Trinajstić information content (AvgIpc) is 2.15. The lowest BCUT2D eigenvalue weighted by Crippen LogP contribution is -2.57. The van der Waals surface area contributed by atoms with Crippen LogP contribution in [-0.2, 0) is 0 Å². The third-order valence-electron chi connectivity index (χ3n) is 3.95. The lowest BCUT2D eigenvalue weighted by atomic mass is 9.75. The molecule has 0 radical (unpaired) electrons. The topological polar surface area (TPSA) is 26.7 Å². The molecule has 2 fully saturated rings. The summed E-state index contributed by atoms with van der Waals surface area (Å²) in [5.74, 6) is 1.95. The summed E-state index contributed by atoms with van der Waals surface area (Å²) in [4.78, 5) is 4.96. The summed E-state index contributed by atoms with van der Waals surface area (Å²) in [6.45, 7) is 8.48. The third kappa shape index (κ3) is 1.81. The van der Waals surface area contributed by atoms with Gasteiger partial charge in [0, 0.05) is 32.8 Å². The van der Waals surface area contributed by atoms with Crippen LogP contribution >= 0.6 is 0 Å². The third-order valence-corrected chi connectivity index (χ3v) is 3.95. The molecule has 2 rings (SSSR count). The minimum atomic E-state index is 0.390. The van der Waals surface area contributed by atoms with Gasteiger partial charge in [-0.05, 0) is 31.3 Å². The molecule has 3 nitrogen and oxygen atoms in total. The standard InChI is InChI=1S/C11H22N2O/c1-3-13-6-9-4-12(2)5-10(7-13)11(9)8-14/h9-11,14H,3-8H2,1-2H3. The second kappa shape index (κ2) is 4.17. The van der Waals surface area contributed by atoms with Gasteiger partial charge in [0.1, 0.15) is 0 Å². The first-order valence-electron chi connectivity index (χ1n) is 5.76. The van der Waals surface area contributed by atoms with Crippen molar-refractivity contribution < 1.29 is 5.11 Å². The Morgan fingerprint density at radius 1 is 1.14 bits per heavy atom. The second-order valence-electron chi connectivity index (χ2n) is 4.94. The highest BCUT2D eigenvalue weighted by molar-refractivity contribution is 4.92. The van der Waals surface area contributed by atoms with Crippen LogP contribution in [-0.4, -0.2) is 61.3 Å². The molecule has 0 aliphatic carbocycles. The van der Waals surface area contributed by atoms with E-state index in [-0.39, 0.29) is 0 Å². The fourth-order valence-electron chi connectivity index (χ4n) is 3.21. The molecule has 2 atom stereocenters. The molecule has 2 unspecified atom stereocenters. The van der Waals surface area contributed by atoms with E-state index >= 15 is 0 Å². The predicted molar refractivity (Wildman–Crippen MR) is 57.2 cm³/mol. The largest absolute Gasteiger partial charge is 0.396 e. The van der Waals surface area contributed by atoms with Crippen molar-refractivity contribution in [3.05, 3.63) is 0 Å². The molecule has 2 saturated heterocycles. The minimum absolute atomic E-state index is 0.390. The Hall–Kier alpha value is -0.120. The van der Waals surface area contributed by atoms with Crippen molar-refractivity contribution in [2.24, 2.45) is 17.8 Å². The van der Waals surface area contributed by atoms with Gasteiger partial charge in [0.05, 0.1) is 0 Å². The Morgan fingerprint density at radius 3 is 2.14 bits per heavy atom. The first kappa shape index (κ1) is 10.4. The van der Waals surface area contributed by atoms with Crippen molar-refractivity contribution in [3.8, 4) is 0 Å². The number of hydrogen-bond acceptors (Lipinski definition) is 3. The summed E-state index contributed by atoms with van der Waals surface area (Å²) in [6.07, 6.45) is 0. The molecule has 0 amide bonds. The van der Waals surface area contributed by atoms with Gasteiger partial charge in [0.25, 0.3) is 0 Å². The van der Waals surface area contributed by atoms with Gasteiger partial charge in [-0.1, -0.05) is 6.92 Å². The predicted octanol–water partition coefficient (Wildman–Crippen LogP) is 0.108. The van der Waals surface area contributed by atoms with Crippen molar-refractivity contribution in [1.29, 1.82) is 0 Å². The maximum absolute atomic E-state index is 9.41. The van der Waals surface area contributed by atoms with Gasteiger partial charge in [-0.25, -0.2) is 0 Å². The summed E-state index contributed by atoms with van der Waals surface area (Å²) in [7, 11) is 2.20. The Bertz CT molecular complexity index is 182. The van der Waals surface area contributed by atoms with Crippen LogP contribution < -0.4 is 0 Å². The zero-order valence-corrected chi connectivity index (χ0v) is 9.32. The van der Waals surface area contributed by atoms with E-state index in [1.807, 2.05) is 0 Å². The summed E-state index contributed by atoms with van der Waals surface area (Å²) >= 11 is 0. The summed E-state index contributed by atoms with van der Waals surface area (Å²) in [6, 6.07) is 0. The lowest BCUT2D eigenvalue weighted by molar-refractivity contribution is -0.0336. The van der Waals surface area contributed by atoms with E-state index < -0.39 is 0 Å². The molecule has 2 aliphatic rings. The Balaban J connectivity index is 2.06. The number of rotatable bonds is 2. The van der Waals surface area contributed by atoms with Crippen LogP contribution in [0, 0.1) is 17.8 Å². The molecule has 2 bridgehead atoms. The van der Waals surface area contributed by atoms with Crippen molar-refractivity contribution in [2.45, 2.75) is 6.92 Å². The highest BCUT2D eigenvalue weighted by atomic mass is 16.3. The van der Waals surface area contributed by atoms with Crippen LogP contribution in [0.4, 0.5) is 0 Å². The molecule has 0 aromatic rings. The van der Waals surface area contributed by atoms with Crippen LogP contribution in [0.25, 0.3) is 0 Å². The average molecular weight is 198 g/mol. The molecule has 0 aromatic heterocycles. The Morgan fingerprint density at radius 2 is 1.71 bits per heavy atom. The summed E-state index contributed by atoms with van der Waals surface area (Å²) in [5, 5.41) is 9.41. The summed E-state index contributed by atoms with van der Waals surface area (Å²) < 4.78 is 0. The molecule has 0 spiro atoms. The number of aliphatic hydroxyl groups excluding tert-OH is 1. The molecule has 3 heteroatoms. The fourth-order valence-corrected chi connectivity index (χ4v) is 3.21. The van der Waals surface area contributed by atoms with E-state index in [4.69, 9.17) is 0 Å². The molecule has 2 aliphatic heterocycles. The molecule has 0 aromatic carbocycles. The molecular weight excluding hydrogens is 176 g/mol. The second-order valence-corrected chi connectivity index (χ2v) is 4.94. The first-order chi connectivity index (χ1) is 6.74. The molecule has 1 N–H and O–H groups in total. The van der Waals surface area contributed by atoms with E-state index in [2.05, 4.69) is 23.8 Å². The summed E-state index contributed by atoms with van der Waals surface area (Å²) in [5.41, 5.74) is 0. The molecule has 14 heavy (non-hydrogen) atoms. The normalized spacial score (nSPS) is 40.1. The van der Waals surface area contributed by atoms with Crippen molar-refractivity contribution in [2.75, 3.05) is 46.4 Å². The van der Waals surface area contributed by atoms with Gasteiger partial charge in [0.15, 0.2) is 0 Å². The molecule has 82 valence electrons. The highest BCUT2D eigenvalue weighted by Gasteiger charge is 2.40. The Labute approximate surface area is 86.7 Å². The molecule has 2 heterocycles. The first-order valence-corrected chi connectivity index (χ1v) is 5.76. The van der Waals surface area contributed by atoms with E-state index in [9.17, 15) is 5.11 Å². The van der Waals surface area contributed by atoms with Crippen LogP contribution in [0.1, 0.15) is 6.92 Å². The minimum Gasteiger partial charge on any atom is -0.396 e. The zero-order chi connectivity index (χ0) is 10.1. The van der Waals surface area contributed by atoms with E-state index in [0.29, 0.717) is 24.4 Å². The number of nitrogens with zero attached hydrogens (tertiary/aromatic N) is 2. The number of likely N-dealkylation sites (tertiary alicyclic amines) is 2. The molecule has 0 saturated carbocycles. The Kier molecular flexibility index (Phi) is 3.10. The van der Waals surface area contributed by atoms with E-state index in [1.54, 1.807) is 0 Å². The molecular formula is C11H22N2O. The van der Waals surface area contributed by atoms with Crippen LogP contribution in [0.5, 0.6) is 0 Å². The van der Waals surface area contributed by atoms with Crippen molar-refractivity contribution in [1.82, 2.24) is 9.80 Å². The van der Waals surface area contributed by atoms with Gasteiger partial charge < -0.3 is 14.9 Å². The van der Waals surface area contributed by atoms with Crippen LogP contribution in [0.2, 0.25) is 0 Å². The lowest BCUT2D eigenvalue weighted by Gasteiger charge is -2.49. The quantitative estimate of drug-likeness (QED) is 0.682. The van der Waals surface area contributed by atoms with Crippen molar-refractivity contribution in [3.63, 3.8) is 0 Å². The van der Waals surface area contributed by atoms with Gasteiger partial charge in [-0.2, -0.15) is 0 Å². The van der Waals surface area contributed by atoms with Gasteiger partial charge >= 0.3 is 0 Å². The maximum Gasteiger partial charge on any atom is 0.0466 e. The SMILES string of the molecule is CCN1CC2CN(C)CC(C1)C2CO. The fraction of sp³-hybridized carbons (Fsp3) is 1.00. The van der Waals surface area contributed by atoms with E-state index in [1.165, 1.54) is 13.1 Å². The van der Waals surface area contributed by atoms with Gasteiger partial charge in [-0.3, -0.25) is 0 Å². The van der Waals surface area contributed by atoms with Gasteiger partial charge in [-0.15, -0.1) is 0 Å². The number of aliphatic hydroxyl groups is 1. The number of hydrogen-bond donors (Lipinski definition) is 1. The number of piperidine rings is 2. The monoisotopic (exact) mass is 198 g/mol. The maximum atomic E-state index is 9.41.